The highest BCUT2D eigenvalue weighted by molar-refractivity contribution is 6.31. The third-order valence-electron chi connectivity index (χ3n) is 3.13. The van der Waals surface area contributed by atoms with Crippen LogP contribution in [-0.4, -0.2) is 15.6 Å². The van der Waals surface area contributed by atoms with Crippen molar-refractivity contribution in [2.24, 2.45) is 13.0 Å². The number of carbonyl (C=O) groups is 1. The van der Waals surface area contributed by atoms with Crippen LogP contribution in [0.25, 0.3) is 0 Å². The van der Waals surface area contributed by atoms with E-state index in [0.29, 0.717) is 18.1 Å². The predicted molar refractivity (Wildman–Crippen MR) is 63.6 cm³/mol. The molecular formula is C12H17ClN2O. The summed E-state index contributed by atoms with van der Waals surface area (Å²) in [7, 11) is 1.90. The first-order chi connectivity index (χ1) is 7.59. The van der Waals surface area contributed by atoms with Crippen molar-refractivity contribution in [3.63, 3.8) is 0 Å². The fourth-order valence-corrected chi connectivity index (χ4v) is 2.25. The SMILES string of the molecule is Cc1nn(C)c(CCCC(=O)C2CC2)c1Cl. The Bertz CT molecular complexity index is 407. The van der Waals surface area contributed by atoms with Gasteiger partial charge in [0.1, 0.15) is 5.78 Å². The number of halogens is 1. The fraction of sp³-hybridized carbons (Fsp3) is 0.667. The van der Waals surface area contributed by atoms with Gasteiger partial charge in [-0.2, -0.15) is 5.10 Å². The normalized spacial score (nSPS) is 15.4. The molecule has 0 spiro atoms. The van der Waals surface area contributed by atoms with Gasteiger partial charge in [-0.1, -0.05) is 11.6 Å². The molecule has 1 aromatic rings. The number of carbonyl (C=O) groups excluding carboxylic acids is 1. The van der Waals surface area contributed by atoms with Gasteiger partial charge in [-0.05, 0) is 32.6 Å². The molecule has 1 fully saturated rings. The topological polar surface area (TPSA) is 34.9 Å². The summed E-state index contributed by atoms with van der Waals surface area (Å²) in [5.41, 5.74) is 1.91. The maximum atomic E-state index is 11.5. The molecule has 4 heteroatoms. The van der Waals surface area contributed by atoms with Gasteiger partial charge in [0.2, 0.25) is 0 Å². The molecular weight excluding hydrogens is 224 g/mol. The van der Waals surface area contributed by atoms with Crippen LogP contribution < -0.4 is 0 Å². The van der Waals surface area contributed by atoms with Crippen molar-refractivity contribution >= 4 is 17.4 Å². The molecule has 0 amide bonds. The molecule has 1 aliphatic rings. The number of Topliss-reactive ketones (excluding diaryl/α,β-unsaturated/α-hetero) is 1. The minimum absolute atomic E-state index is 0.378. The van der Waals surface area contributed by atoms with Crippen molar-refractivity contribution in [2.75, 3.05) is 0 Å². The molecule has 0 bridgehead atoms. The van der Waals surface area contributed by atoms with Crippen molar-refractivity contribution in [1.29, 1.82) is 0 Å². The minimum atomic E-state index is 0.378. The Morgan fingerprint density at radius 3 is 2.75 bits per heavy atom. The van der Waals surface area contributed by atoms with E-state index in [4.69, 9.17) is 11.6 Å². The second kappa shape index (κ2) is 4.58. The first-order valence-electron chi connectivity index (χ1n) is 5.80. The molecule has 16 heavy (non-hydrogen) atoms. The summed E-state index contributed by atoms with van der Waals surface area (Å²) in [4.78, 5) is 11.5. The molecule has 3 nitrogen and oxygen atoms in total. The Balaban J connectivity index is 1.86. The van der Waals surface area contributed by atoms with Crippen LogP contribution >= 0.6 is 11.6 Å². The van der Waals surface area contributed by atoms with Gasteiger partial charge in [-0.15, -0.1) is 0 Å². The maximum Gasteiger partial charge on any atom is 0.135 e. The van der Waals surface area contributed by atoms with Crippen LogP contribution in [0.3, 0.4) is 0 Å². The van der Waals surface area contributed by atoms with E-state index in [9.17, 15) is 4.79 Å². The van der Waals surface area contributed by atoms with Crippen LogP contribution in [0.5, 0.6) is 0 Å². The molecule has 0 radical (unpaired) electrons. The van der Waals surface area contributed by atoms with E-state index < -0.39 is 0 Å². The third-order valence-corrected chi connectivity index (χ3v) is 3.62. The lowest BCUT2D eigenvalue weighted by atomic mass is 10.1. The van der Waals surface area contributed by atoms with E-state index in [-0.39, 0.29) is 0 Å². The van der Waals surface area contributed by atoms with Crippen molar-refractivity contribution in [3.8, 4) is 0 Å². The van der Waals surface area contributed by atoms with Gasteiger partial charge in [-0.3, -0.25) is 9.48 Å². The van der Waals surface area contributed by atoms with Crippen LogP contribution in [0.1, 0.15) is 37.1 Å². The number of aromatic nitrogens is 2. The molecule has 0 unspecified atom stereocenters. The monoisotopic (exact) mass is 240 g/mol. The lowest BCUT2D eigenvalue weighted by Crippen LogP contribution is -2.03. The zero-order valence-corrected chi connectivity index (χ0v) is 10.5. The molecule has 0 aromatic carbocycles. The van der Waals surface area contributed by atoms with Gasteiger partial charge in [-0.25, -0.2) is 0 Å². The highest BCUT2D eigenvalue weighted by atomic mass is 35.5. The zero-order valence-electron chi connectivity index (χ0n) is 9.79. The molecule has 1 aliphatic carbocycles. The van der Waals surface area contributed by atoms with Gasteiger partial charge in [0, 0.05) is 19.4 Å². The Hall–Kier alpha value is -0.830. The number of hydrogen-bond donors (Lipinski definition) is 0. The van der Waals surface area contributed by atoms with Gasteiger partial charge in [0.25, 0.3) is 0 Å². The minimum Gasteiger partial charge on any atom is -0.299 e. The van der Waals surface area contributed by atoms with Crippen LogP contribution in [0, 0.1) is 12.8 Å². The van der Waals surface area contributed by atoms with Crippen molar-refractivity contribution in [1.82, 2.24) is 9.78 Å². The van der Waals surface area contributed by atoms with E-state index in [1.165, 1.54) is 0 Å². The average molecular weight is 241 g/mol. The molecule has 0 N–H and O–H groups in total. The highest BCUT2D eigenvalue weighted by Gasteiger charge is 2.28. The summed E-state index contributed by atoms with van der Waals surface area (Å²) < 4.78 is 1.82. The number of rotatable bonds is 5. The molecule has 1 aromatic heterocycles. The maximum absolute atomic E-state index is 11.5. The van der Waals surface area contributed by atoms with Gasteiger partial charge >= 0.3 is 0 Å². The Morgan fingerprint density at radius 2 is 2.25 bits per heavy atom. The second-order valence-corrected chi connectivity index (χ2v) is 4.94. The number of ketones is 1. The summed E-state index contributed by atoms with van der Waals surface area (Å²) in [6, 6.07) is 0. The average Bonchev–Trinajstić information content (AvgIpc) is 3.02. The zero-order chi connectivity index (χ0) is 11.7. The summed E-state index contributed by atoms with van der Waals surface area (Å²) >= 11 is 6.14. The van der Waals surface area contributed by atoms with E-state index in [0.717, 1.165) is 42.1 Å². The summed E-state index contributed by atoms with van der Waals surface area (Å²) in [5, 5.41) is 5.01. The molecule has 88 valence electrons. The molecule has 0 saturated heterocycles. The molecule has 1 heterocycles. The Labute approximate surface area is 101 Å². The third kappa shape index (κ3) is 2.46. The predicted octanol–water partition coefficient (Wildman–Crippen LogP) is 2.68. The summed E-state index contributed by atoms with van der Waals surface area (Å²) in [5.74, 6) is 0.804. The van der Waals surface area contributed by atoms with Crippen LogP contribution in [-0.2, 0) is 18.3 Å². The lowest BCUT2D eigenvalue weighted by molar-refractivity contribution is -0.120. The quantitative estimate of drug-likeness (QED) is 0.793. The smallest absolute Gasteiger partial charge is 0.135 e. The van der Waals surface area contributed by atoms with Crippen LogP contribution in [0.15, 0.2) is 0 Å². The van der Waals surface area contributed by atoms with Crippen LogP contribution in [0.2, 0.25) is 5.02 Å². The first kappa shape index (κ1) is 11.6. The van der Waals surface area contributed by atoms with Crippen LogP contribution in [0.4, 0.5) is 0 Å². The second-order valence-electron chi connectivity index (χ2n) is 4.56. The van der Waals surface area contributed by atoms with Gasteiger partial charge in [0.15, 0.2) is 0 Å². The lowest BCUT2D eigenvalue weighted by Gasteiger charge is -2.02. The number of nitrogens with zero attached hydrogens (tertiary/aromatic N) is 2. The largest absolute Gasteiger partial charge is 0.299 e. The van der Waals surface area contributed by atoms with Crippen molar-refractivity contribution in [3.05, 3.63) is 16.4 Å². The van der Waals surface area contributed by atoms with Gasteiger partial charge < -0.3 is 0 Å². The molecule has 2 rings (SSSR count). The van der Waals surface area contributed by atoms with E-state index in [1.54, 1.807) is 0 Å². The molecule has 0 atom stereocenters. The first-order valence-corrected chi connectivity index (χ1v) is 6.18. The Kier molecular flexibility index (Phi) is 3.33. The van der Waals surface area contributed by atoms with E-state index in [2.05, 4.69) is 5.10 Å². The molecule has 0 aliphatic heterocycles. The summed E-state index contributed by atoms with van der Waals surface area (Å²) in [6.45, 7) is 1.90. The number of hydrogen-bond acceptors (Lipinski definition) is 2. The highest BCUT2D eigenvalue weighted by Crippen LogP contribution is 2.31. The number of aryl methyl sites for hydroxylation is 2. The Morgan fingerprint density at radius 1 is 1.56 bits per heavy atom. The summed E-state index contributed by atoms with van der Waals surface area (Å²) in [6.07, 6.45) is 4.61. The van der Waals surface area contributed by atoms with Crippen molar-refractivity contribution < 1.29 is 4.79 Å². The molecule has 1 saturated carbocycles. The van der Waals surface area contributed by atoms with E-state index in [1.807, 2.05) is 18.7 Å². The standard InChI is InChI=1S/C12H17ClN2O/c1-8-12(13)10(15(2)14-8)4-3-5-11(16)9-6-7-9/h9H,3-7H2,1-2H3. The van der Waals surface area contributed by atoms with E-state index >= 15 is 0 Å². The van der Waals surface area contributed by atoms with Crippen molar-refractivity contribution in [2.45, 2.75) is 39.0 Å². The van der Waals surface area contributed by atoms with Gasteiger partial charge in [0.05, 0.1) is 16.4 Å². The fourth-order valence-electron chi connectivity index (χ4n) is 1.99.